The van der Waals surface area contributed by atoms with Crippen LogP contribution >= 0.6 is 46.9 Å². The van der Waals surface area contributed by atoms with Crippen LogP contribution in [0.1, 0.15) is 0 Å². The monoisotopic (exact) mass is 228 g/mol. The SMILES string of the molecule is ClCC1CSC2(O1)SCCS2. The van der Waals surface area contributed by atoms with Crippen molar-refractivity contribution in [3.05, 3.63) is 0 Å². The number of hydrogen-bond acceptors (Lipinski definition) is 4. The van der Waals surface area contributed by atoms with Crippen LogP contribution < -0.4 is 0 Å². The summed E-state index contributed by atoms with van der Waals surface area (Å²) >= 11 is 11.4. The molecule has 5 heteroatoms. The van der Waals surface area contributed by atoms with Crippen LogP contribution in [0.4, 0.5) is 0 Å². The molecule has 2 heterocycles. The fourth-order valence-corrected chi connectivity index (χ4v) is 6.13. The molecular formula is C6H9ClOS3. The molecule has 1 nitrogen and oxygen atoms in total. The average Bonchev–Trinajstić information content (AvgIpc) is 2.62. The number of ether oxygens (including phenoxy) is 1. The molecule has 1 unspecified atom stereocenters. The number of alkyl halides is 1. The van der Waals surface area contributed by atoms with Crippen molar-refractivity contribution < 1.29 is 4.74 Å². The Hall–Kier alpha value is 1.30. The molecule has 2 rings (SSSR count). The predicted molar refractivity (Wildman–Crippen MR) is 55.7 cm³/mol. The lowest BCUT2D eigenvalue weighted by molar-refractivity contribution is 0.109. The van der Waals surface area contributed by atoms with Gasteiger partial charge in [0.15, 0.2) is 0 Å². The maximum atomic E-state index is 5.82. The lowest BCUT2D eigenvalue weighted by Gasteiger charge is -2.19. The van der Waals surface area contributed by atoms with Crippen LogP contribution in [-0.4, -0.2) is 32.8 Å². The summed E-state index contributed by atoms with van der Waals surface area (Å²) in [6, 6.07) is 0. The van der Waals surface area contributed by atoms with E-state index in [0.717, 1.165) is 5.75 Å². The van der Waals surface area contributed by atoms with Crippen LogP contribution in [-0.2, 0) is 4.74 Å². The molecule has 0 N–H and O–H groups in total. The fraction of sp³-hybridized carbons (Fsp3) is 1.00. The van der Waals surface area contributed by atoms with Crippen molar-refractivity contribution in [1.82, 2.24) is 0 Å². The molecule has 1 spiro atoms. The van der Waals surface area contributed by atoms with E-state index >= 15 is 0 Å². The van der Waals surface area contributed by atoms with Gasteiger partial charge in [0.25, 0.3) is 0 Å². The summed E-state index contributed by atoms with van der Waals surface area (Å²) in [5.74, 6) is 4.12. The third-order valence-corrected chi connectivity index (χ3v) is 7.00. The zero-order valence-electron chi connectivity index (χ0n) is 5.92. The number of halogens is 1. The summed E-state index contributed by atoms with van der Waals surface area (Å²) in [6.45, 7) is 0. The van der Waals surface area contributed by atoms with Gasteiger partial charge >= 0.3 is 0 Å². The zero-order valence-corrected chi connectivity index (χ0v) is 9.12. The molecule has 2 saturated heterocycles. The summed E-state index contributed by atoms with van der Waals surface area (Å²) in [6.07, 6.45) is 0.278. The van der Waals surface area contributed by atoms with Crippen LogP contribution in [0.5, 0.6) is 0 Å². The minimum absolute atomic E-state index is 0.0273. The number of hydrogen-bond donors (Lipinski definition) is 0. The lowest BCUT2D eigenvalue weighted by Crippen LogP contribution is -2.17. The van der Waals surface area contributed by atoms with Gasteiger partial charge in [-0.05, 0) is 0 Å². The first-order chi connectivity index (χ1) is 5.35. The molecule has 0 aromatic carbocycles. The average molecular weight is 229 g/mol. The lowest BCUT2D eigenvalue weighted by atomic mass is 10.5. The van der Waals surface area contributed by atoms with Crippen LogP contribution in [0.3, 0.4) is 0 Å². The molecule has 2 aliphatic heterocycles. The molecular weight excluding hydrogens is 220 g/mol. The van der Waals surface area contributed by atoms with Crippen molar-refractivity contribution in [2.75, 3.05) is 23.1 Å². The van der Waals surface area contributed by atoms with Gasteiger partial charge in [-0.1, -0.05) is 0 Å². The molecule has 1 atom stereocenters. The summed E-state index contributed by atoms with van der Waals surface area (Å²) in [5.41, 5.74) is 0. The van der Waals surface area contributed by atoms with E-state index in [-0.39, 0.29) is 9.70 Å². The first-order valence-electron chi connectivity index (χ1n) is 3.50. The van der Waals surface area contributed by atoms with Gasteiger partial charge in [-0.2, -0.15) is 0 Å². The van der Waals surface area contributed by atoms with E-state index in [9.17, 15) is 0 Å². The predicted octanol–water partition coefficient (Wildman–Crippen LogP) is 2.45. The number of rotatable bonds is 1. The maximum absolute atomic E-state index is 5.82. The fourth-order valence-electron chi connectivity index (χ4n) is 1.07. The molecule has 2 fully saturated rings. The first kappa shape index (κ1) is 8.88. The van der Waals surface area contributed by atoms with E-state index in [2.05, 4.69) is 0 Å². The minimum atomic E-state index is 0.0273. The summed E-state index contributed by atoms with van der Waals surface area (Å²) in [4.78, 5) is 0. The summed E-state index contributed by atoms with van der Waals surface area (Å²) in [7, 11) is 0. The third kappa shape index (κ3) is 1.80. The molecule has 0 aromatic heterocycles. The zero-order chi connectivity index (χ0) is 7.73. The van der Waals surface area contributed by atoms with Crippen LogP contribution in [0.25, 0.3) is 0 Å². The first-order valence-corrected chi connectivity index (χ1v) is 6.99. The highest BCUT2D eigenvalue weighted by Gasteiger charge is 2.44. The molecule has 0 aliphatic carbocycles. The second-order valence-corrected chi connectivity index (χ2v) is 7.23. The van der Waals surface area contributed by atoms with Crippen molar-refractivity contribution in [1.29, 1.82) is 0 Å². The van der Waals surface area contributed by atoms with Gasteiger partial charge in [0, 0.05) is 23.1 Å². The van der Waals surface area contributed by atoms with Gasteiger partial charge in [-0.25, -0.2) is 0 Å². The Morgan fingerprint density at radius 3 is 2.64 bits per heavy atom. The van der Waals surface area contributed by atoms with Crippen molar-refractivity contribution in [2.45, 2.75) is 9.70 Å². The van der Waals surface area contributed by atoms with Crippen molar-refractivity contribution in [2.24, 2.45) is 0 Å². The maximum Gasteiger partial charge on any atom is 0.209 e. The molecule has 0 bridgehead atoms. The summed E-state index contributed by atoms with van der Waals surface area (Å²) in [5, 5.41) is 0. The van der Waals surface area contributed by atoms with Gasteiger partial charge in [-0.3, -0.25) is 0 Å². The molecule has 64 valence electrons. The highest BCUT2D eigenvalue weighted by Crippen LogP contribution is 2.57. The Morgan fingerprint density at radius 2 is 2.09 bits per heavy atom. The Labute approximate surface area is 84.3 Å². The smallest absolute Gasteiger partial charge is 0.209 e. The molecule has 2 aliphatic rings. The van der Waals surface area contributed by atoms with E-state index in [4.69, 9.17) is 16.3 Å². The second kappa shape index (κ2) is 3.58. The highest BCUT2D eigenvalue weighted by molar-refractivity contribution is 8.35. The standard InChI is InChI=1S/C6H9ClOS3/c7-3-5-4-11-6(8-5)9-1-2-10-6/h5H,1-4H2. The topological polar surface area (TPSA) is 9.23 Å². The summed E-state index contributed by atoms with van der Waals surface area (Å²) < 4.78 is 5.84. The van der Waals surface area contributed by atoms with Gasteiger partial charge in [0.05, 0.1) is 6.10 Å². The van der Waals surface area contributed by atoms with E-state index in [1.165, 1.54) is 11.5 Å². The van der Waals surface area contributed by atoms with Crippen molar-refractivity contribution >= 4 is 46.9 Å². The van der Waals surface area contributed by atoms with E-state index in [0.29, 0.717) is 5.88 Å². The molecule has 0 radical (unpaired) electrons. The number of thioether (sulfide) groups is 3. The largest absolute Gasteiger partial charge is 0.341 e. The van der Waals surface area contributed by atoms with Gasteiger partial charge < -0.3 is 4.74 Å². The second-order valence-electron chi connectivity index (χ2n) is 2.40. The normalized spacial score (nSPS) is 35.2. The van der Waals surface area contributed by atoms with Gasteiger partial charge in [0.2, 0.25) is 3.60 Å². The van der Waals surface area contributed by atoms with Gasteiger partial charge in [-0.15, -0.1) is 46.9 Å². The van der Waals surface area contributed by atoms with E-state index in [1.807, 2.05) is 35.3 Å². The van der Waals surface area contributed by atoms with Crippen LogP contribution in [0.15, 0.2) is 0 Å². The Bertz CT molecular complexity index is 149. The van der Waals surface area contributed by atoms with E-state index < -0.39 is 0 Å². The molecule has 0 aromatic rings. The minimum Gasteiger partial charge on any atom is -0.341 e. The van der Waals surface area contributed by atoms with Crippen LogP contribution in [0, 0.1) is 0 Å². The Kier molecular flexibility index (Phi) is 2.89. The molecule has 0 amide bonds. The Morgan fingerprint density at radius 1 is 1.36 bits per heavy atom. The quantitative estimate of drug-likeness (QED) is 0.638. The van der Waals surface area contributed by atoms with Crippen LogP contribution in [0.2, 0.25) is 0 Å². The van der Waals surface area contributed by atoms with Crippen molar-refractivity contribution in [3.63, 3.8) is 0 Å². The highest BCUT2D eigenvalue weighted by atomic mass is 35.5. The molecule has 0 saturated carbocycles. The molecule has 11 heavy (non-hydrogen) atoms. The van der Waals surface area contributed by atoms with Gasteiger partial charge in [0.1, 0.15) is 0 Å². The van der Waals surface area contributed by atoms with Crippen molar-refractivity contribution in [3.8, 4) is 0 Å². The Balaban J connectivity index is 1.96. The van der Waals surface area contributed by atoms with E-state index in [1.54, 1.807) is 0 Å². The third-order valence-electron chi connectivity index (χ3n) is 1.57.